The summed E-state index contributed by atoms with van der Waals surface area (Å²) in [7, 11) is 1.39. The van der Waals surface area contributed by atoms with Crippen molar-refractivity contribution in [3.8, 4) is 0 Å². The second kappa shape index (κ2) is 5.96. The van der Waals surface area contributed by atoms with Crippen LogP contribution in [0.1, 0.15) is 53.8 Å². The van der Waals surface area contributed by atoms with Gasteiger partial charge in [-0.05, 0) is 43.5 Å². The van der Waals surface area contributed by atoms with Gasteiger partial charge in [0.25, 0.3) is 0 Å². The Morgan fingerprint density at radius 3 is 2.89 bits per heavy atom. The number of ether oxygens (including phenoxy) is 1. The quantitative estimate of drug-likeness (QED) is 0.619. The van der Waals surface area contributed by atoms with E-state index in [1.165, 1.54) is 20.0 Å². The van der Waals surface area contributed by atoms with Gasteiger partial charge in [-0.2, -0.15) is 0 Å². The highest BCUT2D eigenvalue weighted by atomic mass is 16.5. The van der Waals surface area contributed by atoms with Crippen molar-refractivity contribution in [2.45, 2.75) is 38.6 Å². The maximum Gasteiger partial charge on any atom is 0.356 e. The molecular formula is C14H20N2O2. The molecule has 0 aliphatic heterocycles. The zero-order valence-electron chi connectivity index (χ0n) is 11.0. The van der Waals surface area contributed by atoms with E-state index < -0.39 is 0 Å². The number of rotatable bonds is 6. The minimum atomic E-state index is -0.353. The van der Waals surface area contributed by atoms with Crippen LogP contribution >= 0.6 is 0 Å². The number of hydrogen-bond donors (Lipinski definition) is 1. The first-order chi connectivity index (χ1) is 8.74. The number of nitrogens with zero attached hydrogens (tertiary/aromatic N) is 1. The molecule has 1 heterocycles. The third-order valence-electron chi connectivity index (χ3n) is 3.05. The molecule has 1 saturated carbocycles. The van der Waals surface area contributed by atoms with Crippen molar-refractivity contribution >= 4 is 5.97 Å². The number of carbonyl (C=O) groups is 1. The zero-order chi connectivity index (χ0) is 13.0. The Balaban J connectivity index is 2.16. The predicted octanol–water partition coefficient (Wildman–Crippen LogP) is 2.25. The molecule has 2 rings (SSSR count). The van der Waals surface area contributed by atoms with Gasteiger partial charge in [0.1, 0.15) is 5.69 Å². The van der Waals surface area contributed by atoms with Crippen molar-refractivity contribution in [3.05, 3.63) is 29.1 Å². The number of carbonyl (C=O) groups excluding carboxylic acids is 1. The molecule has 0 amide bonds. The van der Waals surface area contributed by atoms with E-state index in [-0.39, 0.29) is 5.97 Å². The van der Waals surface area contributed by atoms with Crippen LogP contribution in [0.4, 0.5) is 0 Å². The zero-order valence-corrected chi connectivity index (χ0v) is 11.0. The molecule has 4 nitrogen and oxygen atoms in total. The van der Waals surface area contributed by atoms with E-state index in [2.05, 4.69) is 23.3 Å². The van der Waals surface area contributed by atoms with E-state index in [0.717, 1.165) is 30.8 Å². The molecule has 18 heavy (non-hydrogen) atoms. The van der Waals surface area contributed by atoms with Gasteiger partial charge >= 0.3 is 5.97 Å². The van der Waals surface area contributed by atoms with Gasteiger partial charge in [0, 0.05) is 18.2 Å². The van der Waals surface area contributed by atoms with Crippen molar-refractivity contribution in [1.29, 1.82) is 0 Å². The third kappa shape index (κ3) is 3.29. The summed E-state index contributed by atoms with van der Waals surface area (Å²) in [6.45, 7) is 3.89. The molecule has 1 aromatic heterocycles. The summed E-state index contributed by atoms with van der Waals surface area (Å²) in [6, 6.07) is 3.92. The monoisotopic (exact) mass is 248 g/mol. The molecule has 0 radical (unpaired) electrons. The molecule has 4 heteroatoms. The van der Waals surface area contributed by atoms with Crippen molar-refractivity contribution < 1.29 is 9.53 Å². The van der Waals surface area contributed by atoms with Crippen LogP contribution in [-0.4, -0.2) is 24.6 Å². The topological polar surface area (TPSA) is 51.2 Å². The molecule has 0 saturated heterocycles. The summed E-state index contributed by atoms with van der Waals surface area (Å²) in [5, 5.41) is 3.34. The van der Waals surface area contributed by atoms with E-state index in [0.29, 0.717) is 11.6 Å². The lowest BCUT2D eigenvalue weighted by Gasteiger charge is -2.08. The van der Waals surface area contributed by atoms with E-state index in [1.807, 2.05) is 6.07 Å². The molecule has 1 aliphatic carbocycles. The molecule has 1 aliphatic rings. The van der Waals surface area contributed by atoms with E-state index in [1.54, 1.807) is 0 Å². The average Bonchev–Trinajstić information content (AvgIpc) is 3.22. The molecule has 0 atom stereocenters. The second-order valence-corrected chi connectivity index (χ2v) is 4.73. The first-order valence-corrected chi connectivity index (χ1v) is 6.54. The number of aromatic nitrogens is 1. The van der Waals surface area contributed by atoms with Gasteiger partial charge in [-0.1, -0.05) is 6.92 Å². The molecule has 1 N–H and O–H groups in total. The van der Waals surface area contributed by atoms with Gasteiger partial charge < -0.3 is 10.1 Å². The number of hydrogen-bond acceptors (Lipinski definition) is 4. The van der Waals surface area contributed by atoms with E-state index in [9.17, 15) is 4.79 Å². The SMILES string of the molecule is CCCNCc1cc(C(=O)OC)nc(C2CC2)c1. The summed E-state index contributed by atoms with van der Waals surface area (Å²) >= 11 is 0. The van der Waals surface area contributed by atoms with Crippen LogP contribution in [0.25, 0.3) is 0 Å². The van der Waals surface area contributed by atoms with Crippen LogP contribution < -0.4 is 5.32 Å². The Labute approximate surface area is 108 Å². The first-order valence-electron chi connectivity index (χ1n) is 6.54. The van der Waals surface area contributed by atoms with Crippen LogP contribution in [0.2, 0.25) is 0 Å². The van der Waals surface area contributed by atoms with Crippen molar-refractivity contribution in [2.24, 2.45) is 0 Å². The predicted molar refractivity (Wildman–Crippen MR) is 69.5 cm³/mol. The summed E-state index contributed by atoms with van der Waals surface area (Å²) in [6.07, 6.45) is 3.46. The lowest BCUT2D eigenvalue weighted by Crippen LogP contribution is -2.15. The van der Waals surface area contributed by atoms with Crippen molar-refractivity contribution in [2.75, 3.05) is 13.7 Å². The molecule has 0 bridgehead atoms. The number of nitrogens with one attached hydrogen (secondary N) is 1. The highest BCUT2D eigenvalue weighted by Gasteiger charge is 2.26. The van der Waals surface area contributed by atoms with Crippen LogP contribution in [0, 0.1) is 0 Å². The van der Waals surface area contributed by atoms with Crippen LogP contribution in [-0.2, 0) is 11.3 Å². The van der Waals surface area contributed by atoms with Crippen molar-refractivity contribution in [1.82, 2.24) is 10.3 Å². The summed E-state index contributed by atoms with van der Waals surface area (Å²) in [5.41, 5.74) is 2.57. The van der Waals surface area contributed by atoms with Crippen molar-refractivity contribution in [3.63, 3.8) is 0 Å². The highest BCUT2D eigenvalue weighted by molar-refractivity contribution is 5.87. The first kappa shape index (κ1) is 13.0. The minimum Gasteiger partial charge on any atom is -0.464 e. The Morgan fingerprint density at radius 1 is 1.50 bits per heavy atom. The Hall–Kier alpha value is -1.42. The minimum absolute atomic E-state index is 0.353. The molecule has 0 aromatic carbocycles. The molecular weight excluding hydrogens is 228 g/mol. The summed E-state index contributed by atoms with van der Waals surface area (Å²) in [5.74, 6) is 0.189. The normalized spacial score (nSPS) is 14.6. The number of methoxy groups -OCH3 is 1. The van der Waals surface area contributed by atoms with E-state index >= 15 is 0 Å². The molecule has 1 aromatic rings. The maximum atomic E-state index is 11.6. The molecule has 98 valence electrons. The number of pyridine rings is 1. The fraction of sp³-hybridized carbons (Fsp3) is 0.571. The Bertz CT molecular complexity index is 428. The van der Waals surface area contributed by atoms with Gasteiger partial charge in [-0.15, -0.1) is 0 Å². The fourth-order valence-corrected chi connectivity index (χ4v) is 1.92. The van der Waals surface area contributed by atoms with Crippen LogP contribution in [0.15, 0.2) is 12.1 Å². The fourth-order valence-electron chi connectivity index (χ4n) is 1.92. The number of esters is 1. The summed E-state index contributed by atoms with van der Waals surface area (Å²) < 4.78 is 4.75. The van der Waals surface area contributed by atoms with Gasteiger partial charge in [-0.25, -0.2) is 9.78 Å². The van der Waals surface area contributed by atoms with Gasteiger partial charge in [-0.3, -0.25) is 0 Å². The van der Waals surface area contributed by atoms with Gasteiger partial charge in [0.2, 0.25) is 0 Å². The average molecular weight is 248 g/mol. The lowest BCUT2D eigenvalue weighted by molar-refractivity contribution is 0.0593. The van der Waals surface area contributed by atoms with Crippen LogP contribution in [0.5, 0.6) is 0 Å². The molecule has 0 unspecified atom stereocenters. The second-order valence-electron chi connectivity index (χ2n) is 4.73. The Kier molecular flexibility index (Phi) is 4.31. The maximum absolute atomic E-state index is 11.6. The van der Waals surface area contributed by atoms with Crippen LogP contribution in [0.3, 0.4) is 0 Å². The largest absolute Gasteiger partial charge is 0.464 e. The standard InChI is InChI=1S/C14H20N2O2/c1-3-6-15-9-10-7-12(11-4-5-11)16-13(8-10)14(17)18-2/h7-8,11,15H,3-6,9H2,1-2H3. The van der Waals surface area contributed by atoms with Gasteiger partial charge in [0.15, 0.2) is 0 Å². The van der Waals surface area contributed by atoms with E-state index in [4.69, 9.17) is 4.74 Å². The smallest absolute Gasteiger partial charge is 0.356 e. The summed E-state index contributed by atoms with van der Waals surface area (Å²) in [4.78, 5) is 16.0. The third-order valence-corrected chi connectivity index (χ3v) is 3.05. The van der Waals surface area contributed by atoms with Gasteiger partial charge in [0.05, 0.1) is 7.11 Å². The Morgan fingerprint density at radius 2 is 2.28 bits per heavy atom. The molecule has 1 fully saturated rings. The molecule has 0 spiro atoms. The highest BCUT2D eigenvalue weighted by Crippen LogP contribution is 2.39. The lowest BCUT2D eigenvalue weighted by atomic mass is 10.1.